The maximum absolute atomic E-state index is 5.82. The van der Waals surface area contributed by atoms with E-state index >= 15 is 0 Å². The van der Waals surface area contributed by atoms with Crippen LogP contribution in [0, 0.1) is 5.92 Å². The maximum atomic E-state index is 5.82. The second-order valence-corrected chi connectivity index (χ2v) is 5.26. The summed E-state index contributed by atoms with van der Waals surface area (Å²) in [7, 11) is 0. The van der Waals surface area contributed by atoms with Crippen LogP contribution in [0.5, 0.6) is 0 Å². The first kappa shape index (κ1) is 9.40. The van der Waals surface area contributed by atoms with Gasteiger partial charge >= 0.3 is 0 Å². The summed E-state index contributed by atoms with van der Waals surface area (Å²) in [6.07, 6.45) is 3.84. The van der Waals surface area contributed by atoms with E-state index in [4.69, 9.17) is 5.73 Å². The van der Waals surface area contributed by atoms with Crippen molar-refractivity contribution in [1.82, 2.24) is 0 Å². The predicted octanol–water partition coefficient (Wildman–Crippen LogP) is 2.26. The van der Waals surface area contributed by atoms with E-state index in [-0.39, 0.29) is 0 Å². The van der Waals surface area contributed by atoms with E-state index in [0.29, 0.717) is 6.04 Å². The van der Waals surface area contributed by atoms with Crippen LogP contribution in [-0.2, 0) is 0 Å². The fourth-order valence-corrected chi connectivity index (χ4v) is 2.80. The van der Waals surface area contributed by atoms with Gasteiger partial charge in [0.25, 0.3) is 0 Å². The highest BCUT2D eigenvalue weighted by Gasteiger charge is 2.21. The van der Waals surface area contributed by atoms with E-state index in [1.54, 1.807) is 0 Å². The molecule has 0 radical (unpaired) electrons. The highest BCUT2D eigenvalue weighted by atomic mass is 32.2. The first-order chi connectivity index (χ1) is 5.18. The Kier molecular flexibility index (Phi) is 3.73. The molecule has 1 aliphatic rings. The number of rotatable bonds is 3. The lowest BCUT2D eigenvalue weighted by molar-refractivity contribution is 0.704. The SMILES string of the molecule is CC(C)CSC1CCC(N)C1. The number of thioether (sulfide) groups is 1. The molecule has 1 nitrogen and oxygen atoms in total. The Morgan fingerprint density at radius 1 is 1.45 bits per heavy atom. The molecule has 1 aliphatic carbocycles. The van der Waals surface area contributed by atoms with Gasteiger partial charge in [-0.25, -0.2) is 0 Å². The van der Waals surface area contributed by atoms with Crippen LogP contribution in [0.2, 0.25) is 0 Å². The molecule has 2 N–H and O–H groups in total. The van der Waals surface area contributed by atoms with Crippen LogP contribution in [-0.4, -0.2) is 17.0 Å². The fraction of sp³-hybridized carbons (Fsp3) is 1.00. The van der Waals surface area contributed by atoms with Crippen LogP contribution in [0.15, 0.2) is 0 Å². The van der Waals surface area contributed by atoms with Crippen molar-refractivity contribution in [3.63, 3.8) is 0 Å². The third-order valence-electron chi connectivity index (χ3n) is 2.09. The molecule has 1 rings (SSSR count). The molecular weight excluding hydrogens is 154 g/mol. The van der Waals surface area contributed by atoms with Crippen LogP contribution in [0.4, 0.5) is 0 Å². The minimum atomic E-state index is 0.500. The van der Waals surface area contributed by atoms with Crippen LogP contribution in [0.3, 0.4) is 0 Å². The smallest absolute Gasteiger partial charge is 0.00624 e. The molecule has 0 aromatic carbocycles. The van der Waals surface area contributed by atoms with E-state index in [2.05, 4.69) is 25.6 Å². The second kappa shape index (κ2) is 4.36. The molecule has 1 saturated carbocycles. The van der Waals surface area contributed by atoms with Gasteiger partial charge in [-0.3, -0.25) is 0 Å². The van der Waals surface area contributed by atoms with Crippen molar-refractivity contribution in [3.05, 3.63) is 0 Å². The van der Waals surface area contributed by atoms with Crippen LogP contribution in [0.25, 0.3) is 0 Å². The summed E-state index contributed by atoms with van der Waals surface area (Å²) in [5.74, 6) is 2.13. The molecule has 2 atom stereocenters. The minimum Gasteiger partial charge on any atom is -0.328 e. The summed E-state index contributed by atoms with van der Waals surface area (Å²) in [5.41, 5.74) is 5.82. The topological polar surface area (TPSA) is 26.0 Å². The summed E-state index contributed by atoms with van der Waals surface area (Å²) in [6.45, 7) is 4.56. The summed E-state index contributed by atoms with van der Waals surface area (Å²) >= 11 is 2.12. The quantitative estimate of drug-likeness (QED) is 0.708. The van der Waals surface area contributed by atoms with E-state index in [0.717, 1.165) is 11.2 Å². The predicted molar refractivity (Wildman–Crippen MR) is 52.9 cm³/mol. The Hall–Kier alpha value is 0.310. The van der Waals surface area contributed by atoms with Crippen LogP contribution < -0.4 is 5.73 Å². The van der Waals surface area contributed by atoms with Gasteiger partial charge in [0.2, 0.25) is 0 Å². The zero-order valence-corrected chi connectivity index (χ0v) is 8.36. The molecule has 0 heterocycles. The average Bonchev–Trinajstić information content (AvgIpc) is 2.31. The summed E-state index contributed by atoms with van der Waals surface area (Å²) in [4.78, 5) is 0. The van der Waals surface area contributed by atoms with E-state index in [1.165, 1.54) is 25.0 Å². The lowest BCUT2D eigenvalue weighted by Gasteiger charge is -2.10. The van der Waals surface area contributed by atoms with Crippen molar-refractivity contribution in [2.45, 2.75) is 44.4 Å². The Bertz CT molecular complexity index is 114. The van der Waals surface area contributed by atoms with Crippen molar-refractivity contribution >= 4 is 11.8 Å². The van der Waals surface area contributed by atoms with Crippen molar-refractivity contribution in [1.29, 1.82) is 0 Å². The van der Waals surface area contributed by atoms with Crippen molar-refractivity contribution in [2.24, 2.45) is 11.7 Å². The Morgan fingerprint density at radius 2 is 2.18 bits per heavy atom. The van der Waals surface area contributed by atoms with Gasteiger partial charge < -0.3 is 5.73 Å². The Morgan fingerprint density at radius 3 is 2.64 bits per heavy atom. The molecule has 66 valence electrons. The molecule has 0 spiro atoms. The van der Waals surface area contributed by atoms with E-state index < -0.39 is 0 Å². The van der Waals surface area contributed by atoms with Gasteiger partial charge in [0.05, 0.1) is 0 Å². The van der Waals surface area contributed by atoms with Gasteiger partial charge in [0, 0.05) is 11.3 Å². The second-order valence-electron chi connectivity index (χ2n) is 3.92. The molecular formula is C9H19NS. The minimum absolute atomic E-state index is 0.500. The fourth-order valence-electron chi connectivity index (χ4n) is 1.45. The van der Waals surface area contributed by atoms with E-state index in [1.807, 2.05) is 0 Å². The third-order valence-corrected chi connectivity index (χ3v) is 3.85. The van der Waals surface area contributed by atoms with E-state index in [9.17, 15) is 0 Å². The highest BCUT2D eigenvalue weighted by Crippen LogP contribution is 2.29. The number of nitrogens with two attached hydrogens (primary N) is 1. The number of hydrogen-bond acceptors (Lipinski definition) is 2. The standard InChI is InChI=1S/C9H19NS/c1-7(2)6-11-9-4-3-8(10)5-9/h7-9H,3-6,10H2,1-2H3. The van der Waals surface area contributed by atoms with Crippen molar-refractivity contribution < 1.29 is 0 Å². The zero-order valence-electron chi connectivity index (χ0n) is 7.55. The van der Waals surface area contributed by atoms with Gasteiger partial charge in [0.1, 0.15) is 0 Å². The first-order valence-corrected chi connectivity index (χ1v) is 5.60. The normalized spacial score (nSPS) is 31.6. The Labute approximate surface area is 74.1 Å². The molecule has 0 bridgehead atoms. The zero-order chi connectivity index (χ0) is 8.27. The average molecular weight is 173 g/mol. The maximum Gasteiger partial charge on any atom is 0.00624 e. The monoisotopic (exact) mass is 173 g/mol. The Balaban J connectivity index is 2.08. The molecule has 1 fully saturated rings. The molecule has 2 heteroatoms. The van der Waals surface area contributed by atoms with Crippen LogP contribution in [0.1, 0.15) is 33.1 Å². The van der Waals surface area contributed by atoms with Gasteiger partial charge in [-0.05, 0) is 30.9 Å². The van der Waals surface area contributed by atoms with Crippen LogP contribution >= 0.6 is 11.8 Å². The lowest BCUT2D eigenvalue weighted by atomic mass is 10.3. The molecule has 11 heavy (non-hydrogen) atoms. The molecule has 0 aliphatic heterocycles. The van der Waals surface area contributed by atoms with Gasteiger partial charge in [-0.15, -0.1) is 0 Å². The third kappa shape index (κ3) is 3.48. The van der Waals surface area contributed by atoms with Gasteiger partial charge in [-0.1, -0.05) is 13.8 Å². The summed E-state index contributed by atoms with van der Waals surface area (Å²) in [6, 6.07) is 0.500. The molecule has 0 aromatic heterocycles. The van der Waals surface area contributed by atoms with Gasteiger partial charge in [-0.2, -0.15) is 11.8 Å². The largest absolute Gasteiger partial charge is 0.328 e. The summed E-state index contributed by atoms with van der Waals surface area (Å²) in [5, 5.41) is 0.868. The first-order valence-electron chi connectivity index (χ1n) is 4.55. The summed E-state index contributed by atoms with van der Waals surface area (Å²) < 4.78 is 0. The molecule has 0 aromatic rings. The van der Waals surface area contributed by atoms with Crippen molar-refractivity contribution in [3.8, 4) is 0 Å². The lowest BCUT2D eigenvalue weighted by Crippen LogP contribution is -2.15. The highest BCUT2D eigenvalue weighted by molar-refractivity contribution is 7.99. The molecule has 0 amide bonds. The van der Waals surface area contributed by atoms with Gasteiger partial charge in [0.15, 0.2) is 0 Å². The molecule has 0 saturated heterocycles. The molecule has 2 unspecified atom stereocenters. The van der Waals surface area contributed by atoms with Crippen molar-refractivity contribution in [2.75, 3.05) is 5.75 Å². The number of hydrogen-bond donors (Lipinski definition) is 1.